The number of rotatable bonds is 5. The van der Waals surface area contributed by atoms with Crippen molar-refractivity contribution in [1.82, 2.24) is 20.3 Å². The predicted octanol–water partition coefficient (Wildman–Crippen LogP) is 3.95. The topological polar surface area (TPSA) is 86.0 Å². The molecule has 4 aromatic rings. The summed E-state index contributed by atoms with van der Waals surface area (Å²) in [6, 6.07) is 20.8. The van der Waals surface area contributed by atoms with E-state index in [1.54, 1.807) is 13.2 Å². The predicted molar refractivity (Wildman–Crippen MR) is 97.0 cm³/mol. The van der Waals surface area contributed by atoms with E-state index in [2.05, 4.69) is 25.7 Å². The van der Waals surface area contributed by atoms with Crippen molar-refractivity contribution in [3.8, 4) is 28.7 Å². The second-order valence-corrected chi connectivity index (χ2v) is 5.45. The van der Waals surface area contributed by atoms with Gasteiger partial charge in [-0.05, 0) is 48.5 Å². The van der Waals surface area contributed by atoms with Gasteiger partial charge >= 0.3 is 0 Å². The van der Waals surface area contributed by atoms with E-state index in [9.17, 15) is 0 Å². The lowest BCUT2D eigenvalue weighted by atomic mass is 10.2. The molecule has 0 unspecified atom stereocenters. The summed E-state index contributed by atoms with van der Waals surface area (Å²) in [5.74, 6) is 2.20. The monoisotopic (exact) mass is 345 g/mol. The molecule has 0 aliphatic rings. The molecule has 0 amide bonds. The number of aromatic nitrogens is 4. The highest BCUT2D eigenvalue weighted by atomic mass is 16.5. The first-order chi connectivity index (χ1) is 12.8. The van der Waals surface area contributed by atoms with Gasteiger partial charge in [-0.25, -0.2) is 0 Å². The molecule has 0 aliphatic heterocycles. The van der Waals surface area contributed by atoms with Gasteiger partial charge in [0.1, 0.15) is 5.75 Å². The number of hydrogen-bond acceptors (Lipinski definition) is 7. The third-order valence-electron chi connectivity index (χ3n) is 3.70. The highest BCUT2D eigenvalue weighted by Crippen LogP contribution is 2.23. The lowest BCUT2D eigenvalue weighted by Crippen LogP contribution is -1.96. The van der Waals surface area contributed by atoms with Gasteiger partial charge in [-0.15, -0.1) is 10.2 Å². The molecule has 7 heteroatoms. The lowest BCUT2D eigenvalue weighted by molar-refractivity contribution is 0.414. The number of anilines is 2. The van der Waals surface area contributed by atoms with Crippen molar-refractivity contribution in [3.05, 3.63) is 66.7 Å². The fourth-order valence-electron chi connectivity index (χ4n) is 2.37. The van der Waals surface area contributed by atoms with Crippen LogP contribution in [0.2, 0.25) is 0 Å². The molecule has 26 heavy (non-hydrogen) atoms. The molecule has 0 fully saturated rings. The third-order valence-corrected chi connectivity index (χ3v) is 3.70. The number of hydrogen-bond donors (Lipinski definition) is 1. The molecule has 2 aromatic heterocycles. The first-order valence-electron chi connectivity index (χ1n) is 7.96. The first-order valence-corrected chi connectivity index (χ1v) is 7.96. The van der Waals surface area contributed by atoms with Crippen LogP contribution in [0.25, 0.3) is 23.0 Å². The maximum Gasteiger partial charge on any atom is 0.278 e. The molecular formula is C19H15N5O2. The smallest absolute Gasteiger partial charge is 0.278 e. The van der Waals surface area contributed by atoms with E-state index in [1.807, 2.05) is 60.7 Å². The number of methoxy groups -OCH3 is 1. The van der Waals surface area contributed by atoms with Gasteiger partial charge < -0.3 is 14.6 Å². The molecule has 0 radical (unpaired) electrons. The zero-order valence-corrected chi connectivity index (χ0v) is 14.0. The number of ether oxygens (including phenoxy) is 1. The summed E-state index contributed by atoms with van der Waals surface area (Å²) < 4.78 is 10.4. The average Bonchev–Trinajstić information content (AvgIpc) is 3.20. The zero-order valence-electron chi connectivity index (χ0n) is 14.0. The van der Waals surface area contributed by atoms with E-state index in [-0.39, 0.29) is 0 Å². The quantitative estimate of drug-likeness (QED) is 0.586. The summed E-state index contributed by atoms with van der Waals surface area (Å²) in [6.45, 7) is 0. The van der Waals surface area contributed by atoms with Crippen molar-refractivity contribution >= 4 is 11.5 Å². The lowest BCUT2D eigenvalue weighted by Gasteiger charge is -2.03. The molecule has 0 saturated heterocycles. The van der Waals surface area contributed by atoms with E-state index in [1.165, 1.54) is 0 Å². The Labute approximate surface area is 149 Å². The summed E-state index contributed by atoms with van der Waals surface area (Å²) in [4.78, 5) is 4.38. The van der Waals surface area contributed by atoms with Gasteiger partial charge in [0.2, 0.25) is 5.82 Å². The highest BCUT2D eigenvalue weighted by molar-refractivity contribution is 5.60. The van der Waals surface area contributed by atoms with Crippen LogP contribution in [0.4, 0.5) is 11.5 Å². The molecule has 0 aliphatic carbocycles. The zero-order chi connectivity index (χ0) is 17.8. The van der Waals surface area contributed by atoms with Crippen molar-refractivity contribution in [2.75, 3.05) is 12.4 Å². The van der Waals surface area contributed by atoms with E-state index in [0.717, 1.165) is 17.0 Å². The summed E-state index contributed by atoms with van der Waals surface area (Å²) in [7, 11) is 1.62. The molecule has 128 valence electrons. The van der Waals surface area contributed by atoms with Crippen LogP contribution >= 0.6 is 0 Å². The van der Waals surface area contributed by atoms with Crippen LogP contribution in [0.1, 0.15) is 0 Å². The Bertz CT molecular complexity index is 983. The van der Waals surface area contributed by atoms with Gasteiger partial charge in [-0.2, -0.15) is 4.98 Å². The normalized spacial score (nSPS) is 10.5. The Hall–Kier alpha value is -3.74. The molecule has 2 heterocycles. The third kappa shape index (κ3) is 3.36. The number of nitrogens with one attached hydrogen (secondary N) is 1. The minimum atomic E-state index is 0.314. The number of nitrogens with zero attached hydrogens (tertiary/aromatic N) is 4. The Morgan fingerprint density at radius 1 is 0.885 bits per heavy atom. The van der Waals surface area contributed by atoms with Crippen LogP contribution < -0.4 is 10.1 Å². The molecule has 1 N–H and O–H groups in total. The number of para-hydroxylation sites is 1. The van der Waals surface area contributed by atoms with Crippen LogP contribution in [-0.2, 0) is 0 Å². The Kier molecular flexibility index (Phi) is 4.26. The second kappa shape index (κ2) is 7.02. The van der Waals surface area contributed by atoms with Crippen molar-refractivity contribution in [2.45, 2.75) is 0 Å². The van der Waals surface area contributed by atoms with E-state index in [4.69, 9.17) is 9.26 Å². The molecule has 0 atom stereocenters. The maximum absolute atomic E-state index is 5.30. The number of benzene rings is 2. The van der Waals surface area contributed by atoms with Crippen LogP contribution in [0.15, 0.2) is 71.3 Å². The minimum absolute atomic E-state index is 0.314. The molecule has 0 spiro atoms. The summed E-state index contributed by atoms with van der Waals surface area (Å²) in [5, 5.41) is 15.5. The summed E-state index contributed by atoms with van der Waals surface area (Å²) in [5.41, 5.74) is 2.28. The SMILES string of the molecule is COc1ccc(-c2noc(-c3ccc(Nc4ccccc4)nn3)n2)cc1. The van der Waals surface area contributed by atoms with Gasteiger partial charge in [-0.3, -0.25) is 0 Å². The van der Waals surface area contributed by atoms with Gasteiger partial charge in [0.05, 0.1) is 7.11 Å². The van der Waals surface area contributed by atoms with Gasteiger partial charge in [0.15, 0.2) is 11.5 Å². The Morgan fingerprint density at radius 3 is 2.38 bits per heavy atom. The first kappa shape index (κ1) is 15.8. The minimum Gasteiger partial charge on any atom is -0.497 e. The van der Waals surface area contributed by atoms with Crippen LogP contribution in [0, 0.1) is 0 Å². The molecule has 0 bridgehead atoms. The van der Waals surface area contributed by atoms with E-state index >= 15 is 0 Å². The maximum atomic E-state index is 5.30. The van der Waals surface area contributed by atoms with Gasteiger partial charge in [-0.1, -0.05) is 23.4 Å². The molecule has 4 rings (SSSR count). The molecule has 2 aromatic carbocycles. The largest absolute Gasteiger partial charge is 0.497 e. The Balaban J connectivity index is 1.52. The van der Waals surface area contributed by atoms with Gasteiger partial charge in [0, 0.05) is 11.3 Å². The van der Waals surface area contributed by atoms with Crippen LogP contribution in [0.3, 0.4) is 0 Å². The average molecular weight is 345 g/mol. The fraction of sp³-hybridized carbons (Fsp3) is 0.0526. The fourth-order valence-corrected chi connectivity index (χ4v) is 2.37. The standard InChI is InChI=1S/C19H15N5O2/c1-25-15-9-7-13(8-10-15)18-21-19(26-24-18)16-11-12-17(23-22-16)20-14-5-3-2-4-6-14/h2-12H,1H3,(H,20,23). The van der Waals surface area contributed by atoms with Crippen molar-refractivity contribution in [2.24, 2.45) is 0 Å². The summed E-state index contributed by atoms with van der Waals surface area (Å²) in [6.07, 6.45) is 0. The summed E-state index contributed by atoms with van der Waals surface area (Å²) >= 11 is 0. The van der Waals surface area contributed by atoms with Crippen LogP contribution in [-0.4, -0.2) is 27.4 Å². The highest BCUT2D eigenvalue weighted by Gasteiger charge is 2.12. The second-order valence-electron chi connectivity index (χ2n) is 5.45. The molecule has 0 saturated carbocycles. The van der Waals surface area contributed by atoms with E-state index < -0.39 is 0 Å². The molecule has 7 nitrogen and oxygen atoms in total. The Morgan fingerprint density at radius 2 is 1.69 bits per heavy atom. The van der Waals surface area contributed by atoms with Crippen molar-refractivity contribution < 1.29 is 9.26 Å². The van der Waals surface area contributed by atoms with Gasteiger partial charge in [0.25, 0.3) is 5.89 Å². The van der Waals surface area contributed by atoms with Crippen LogP contribution in [0.5, 0.6) is 5.75 Å². The van der Waals surface area contributed by atoms with Crippen molar-refractivity contribution in [3.63, 3.8) is 0 Å². The van der Waals surface area contributed by atoms with E-state index in [0.29, 0.717) is 23.2 Å². The van der Waals surface area contributed by atoms with Crippen molar-refractivity contribution in [1.29, 1.82) is 0 Å². The molecular weight excluding hydrogens is 330 g/mol.